The maximum Gasteiger partial charge on any atom is 0.271 e. The molecule has 12 nitrogen and oxygen atoms in total. The standard InChI is InChI=1S/C34H22Cl2F5N3O9/c1-52-18-9-14(45)10-19(53-2)21(18)22-15-6-7-16-20(30(47)42(29(16)46)12-4-3-5-13(8-12)44(50)51)17(15)11-33(35)31(48)43(32(49)34(22,33)36)28-26(40)24(38)23(37)25(39)27(28)41/h3-6,8-10,16-17,20,22,45H,7,11H2,1-2H3/t16-,17+,20-,22+,33+,34-/m0/s1. The number of hydrogen-bond donors (Lipinski definition) is 1. The lowest BCUT2D eigenvalue weighted by Gasteiger charge is -2.51. The number of nitrogens with zero attached hydrogens (tertiary/aromatic N) is 3. The Morgan fingerprint density at radius 2 is 1.43 bits per heavy atom. The molecule has 3 aromatic carbocycles. The van der Waals surface area contributed by atoms with Crippen LogP contribution >= 0.6 is 23.2 Å². The van der Waals surface area contributed by atoms with E-state index in [1.54, 1.807) is 0 Å². The van der Waals surface area contributed by atoms with Crippen LogP contribution < -0.4 is 19.3 Å². The van der Waals surface area contributed by atoms with Gasteiger partial charge in [0.25, 0.3) is 17.5 Å². The highest BCUT2D eigenvalue weighted by Crippen LogP contribution is 2.68. The molecule has 7 rings (SSSR count). The van der Waals surface area contributed by atoms with Crippen molar-refractivity contribution < 1.29 is 60.6 Å². The average Bonchev–Trinajstić information content (AvgIpc) is 3.47. The molecule has 3 aromatic rings. The fourth-order valence-electron chi connectivity index (χ4n) is 8.09. The van der Waals surface area contributed by atoms with E-state index in [0.717, 1.165) is 43.4 Å². The van der Waals surface area contributed by atoms with Gasteiger partial charge in [-0.2, -0.15) is 0 Å². The van der Waals surface area contributed by atoms with Crippen molar-refractivity contribution in [3.63, 3.8) is 0 Å². The van der Waals surface area contributed by atoms with Crippen LogP contribution in [-0.4, -0.2) is 57.6 Å². The van der Waals surface area contributed by atoms with Gasteiger partial charge in [-0.1, -0.05) is 17.7 Å². The summed E-state index contributed by atoms with van der Waals surface area (Å²) in [6.07, 6.45) is 0.462. The Morgan fingerprint density at radius 1 is 0.849 bits per heavy atom. The predicted molar refractivity (Wildman–Crippen MR) is 173 cm³/mol. The zero-order chi connectivity index (χ0) is 38.6. The van der Waals surface area contributed by atoms with Gasteiger partial charge in [-0.25, -0.2) is 31.8 Å². The van der Waals surface area contributed by atoms with E-state index in [-0.39, 0.29) is 39.6 Å². The van der Waals surface area contributed by atoms with Gasteiger partial charge in [0.15, 0.2) is 33.0 Å². The molecule has 0 radical (unpaired) electrons. The monoisotopic (exact) mass is 781 g/mol. The predicted octanol–water partition coefficient (Wildman–Crippen LogP) is 5.78. The van der Waals surface area contributed by atoms with Crippen molar-refractivity contribution in [3.05, 3.63) is 92.8 Å². The number of halogens is 7. The van der Waals surface area contributed by atoms with Crippen molar-refractivity contribution in [2.45, 2.75) is 28.5 Å². The summed E-state index contributed by atoms with van der Waals surface area (Å²) in [6, 6.07) is 6.83. The highest BCUT2D eigenvalue weighted by molar-refractivity contribution is 6.58. The molecule has 53 heavy (non-hydrogen) atoms. The van der Waals surface area contributed by atoms with Crippen LogP contribution in [0.15, 0.2) is 48.0 Å². The molecule has 19 heteroatoms. The van der Waals surface area contributed by atoms with Gasteiger partial charge in [0.1, 0.15) is 22.9 Å². The Bertz CT molecular complexity index is 2200. The highest BCUT2D eigenvalue weighted by Gasteiger charge is 2.77. The number of benzene rings is 3. The number of amides is 4. The molecule has 0 spiro atoms. The molecular weight excluding hydrogens is 760 g/mol. The third-order valence-electron chi connectivity index (χ3n) is 10.3. The molecule has 6 atom stereocenters. The number of nitro groups is 1. The molecule has 1 N–H and O–H groups in total. The van der Waals surface area contributed by atoms with Gasteiger partial charge in [0, 0.05) is 35.7 Å². The fraction of sp³-hybridized carbons (Fsp3) is 0.294. The summed E-state index contributed by atoms with van der Waals surface area (Å²) in [7, 11) is 2.30. The third-order valence-corrected chi connectivity index (χ3v) is 11.8. The minimum absolute atomic E-state index is 0.0854. The van der Waals surface area contributed by atoms with E-state index < -0.39 is 115 Å². The number of anilines is 2. The Balaban J connectivity index is 1.47. The van der Waals surface area contributed by atoms with E-state index in [1.165, 1.54) is 18.2 Å². The summed E-state index contributed by atoms with van der Waals surface area (Å²) >= 11 is 14.3. The van der Waals surface area contributed by atoms with E-state index in [2.05, 4.69) is 0 Å². The van der Waals surface area contributed by atoms with Crippen molar-refractivity contribution in [2.24, 2.45) is 17.8 Å². The van der Waals surface area contributed by atoms with E-state index >= 15 is 8.78 Å². The van der Waals surface area contributed by atoms with Crippen molar-refractivity contribution in [1.82, 2.24) is 0 Å². The molecule has 2 heterocycles. The molecule has 4 amide bonds. The first-order valence-electron chi connectivity index (χ1n) is 15.5. The lowest BCUT2D eigenvalue weighted by atomic mass is 9.56. The summed E-state index contributed by atoms with van der Waals surface area (Å²) in [5, 5.41) is 21.9. The number of ether oxygens (including phenoxy) is 2. The molecule has 1 saturated carbocycles. The number of methoxy groups -OCH3 is 2. The van der Waals surface area contributed by atoms with Crippen LogP contribution in [0.2, 0.25) is 0 Å². The largest absolute Gasteiger partial charge is 0.508 e. The minimum atomic E-state index is -2.88. The van der Waals surface area contributed by atoms with Crippen LogP contribution in [0.1, 0.15) is 24.3 Å². The van der Waals surface area contributed by atoms with E-state index in [4.69, 9.17) is 32.7 Å². The van der Waals surface area contributed by atoms with Gasteiger partial charge in [0.05, 0.1) is 36.7 Å². The van der Waals surface area contributed by atoms with Crippen molar-refractivity contribution >= 4 is 63.9 Å². The van der Waals surface area contributed by atoms with Crippen LogP contribution in [-0.2, 0) is 19.2 Å². The number of rotatable bonds is 6. The Morgan fingerprint density at radius 3 is 2.00 bits per heavy atom. The number of imide groups is 2. The van der Waals surface area contributed by atoms with Gasteiger partial charge in [-0.3, -0.25) is 29.3 Å². The molecule has 3 fully saturated rings. The highest BCUT2D eigenvalue weighted by atomic mass is 35.5. The van der Waals surface area contributed by atoms with Crippen LogP contribution in [0.25, 0.3) is 0 Å². The second-order valence-electron chi connectivity index (χ2n) is 12.7. The molecule has 0 aromatic heterocycles. The zero-order valence-corrected chi connectivity index (χ0v) is 28.5. The van der Waals surface area contributed by atoms with Crippen molar-refractivity contribution in [3.8, 4) is 17.2 Å². The second kappa shape index (κ2) is 12.1. The smallest absolute Gasteiger partial charge is 0.271 e. The topological polar surface area (TPSA) is 157 Å². The average molecular weight is 782 g/mol. The van der Waals surface area contributed by atoms with Gasteiger partial charge in [-0.05, 0) is 24.8 Å². The van der Waals surface area contributed by atoms with Crippen LogP contribution in [0.4, 0.5) is 39.0 Å². The Hall–Kier alpha value is -5.29. The molecule has 2 aliphatic heterocycles. The second-order valence-corrected chi connectivity index (χ2v) is 14.0. The Kier molecular flexibility index (Phi) is 8.26. The van der Waals surface area contributed by atoms with Crippen LogP contribution in [0, 0.1) is 57.0 Å². The molecule has 0 bridgehead atoms. The summed E-state index contributed by atoms with van der Waals surface area (Å²) in [6.45, 7) is 0. The van der Waals surface area contributed by atoms with Gasteiger partial charge in [0.2, 0.25) is 17.6 Å². The number of aromatic hydroxyl groups is 1. The third kappa shape index (κ3) is 4.65. The zero-order valence-electron chi connectivity index (χ0n) is 27.0. The number of carbonyl (C=O) groups is 4. The molecule has 276 valence electrons. The number of phenolic OH excluding ortho intramolecular Hbond substituents is 1. The molecule has 0 unspecified atom stereocenters. The first-order chi connectivity index (χ1) is 25.0. The fourth-order valence-corrected chi connectivity index (χ4v) is 9.01. The number of carbonyl (C=O) groups excluding carboxylic acids is 4. The van der Waals surface area contributed by atoms with Gasteiger partial charge in [-0.15, -0.1) is 23.2 Å². The van der Waals surface area contributed by atoms with E-state index in [1.807, 2.05) is 0 Å². The lowest BCUT2D eigenvalue weighted by Crippen LogP contribution is -2.60. The lowest BCUT2D eigenvalue weighted by molar-refractivity contribution is -0.384. The molecule has 2 saturated heterocycles. The summed E-state index contributed by atoms with van der Waals surface area (Å²) in [5.74, 6) is -24.1. The number of hydrogen-bond acceptors (Lipinski definition) is 9. The minimum Gasteiger partial charge on any atom is -0.508 e. The first kappa shape index (κ1) is 36.1. The molecule has 2 aliphatic carbocycles. The number of allylic oxidation sites excluding steroid dienone is 2. The van der Waals surface area contributed by atoms with E-state index in [0.29, 0.717) is 0 Å². The van der Waals surface area contributed by atoms with Crippen LogP contribution in [0.3, 0.4) is 0 Å². The van der Waals surface area contributed by atoms with Crippen molar-refractivity contribution in [2.75, 3.05) is 24.0 Å². The maximum atomic E-state index is 15.3. The normalized spacial score (nSPS) is 27.8. The van der Waals surface area contributed by atoms with E-state index in [9.17, 15) is 47.6 Å². The molecule has 4 aliphatic rings. The number of phenols is 1. The quantitative estimate of drug-likeness (QED) is 0.0479. The summed E-state index contributed by atoms with van der Waals surface area (Å²) < 4.78 is 84.7. The maximum absolute atomic E-state index is 15.3. The SMILES string of the molecule is COc1cc(O)cc(OC)c1[C@H]1C2=CC[C@@H]3C(=O)N(c4cccc([N+](=O)[O-])c4)C(=O)[C@@H]3[C@@H]2C[C@@]2(Cl)C(=O)N(c3c(F)c(F)c(F)c(F)c3F)C(=O)[C@@]12Cl. The van der Waals surface area contributed by atoms with Crippen molar-refractivity contribution in [1.29, 1.82) is 0 Å². The number of alkyl halides is 2. The summed E-state index contributed by atoms with van der Waals surface area (Å²) in [5.41, 5.74) is -2.61. The van der Waals surface area contributed by atoms with Crippen LogP contribution in [0.5, 0.6) is 17.2 Å². The number of non-ortho nitro benzene ring substituents is 1. The number of fused-ring (bicyclic) bond motifs is 4. The molecular formula is C34H22Cl2F5N3O9. The number of nitro benzene ring substituents is 1. The first-order valence-corrected chi connectivity index (χ1v) is 16.3. The summed E-state index contributed by atoms with van der Waals surface area (Å²) in [4.78, 5) is 62.6. The van der Waals surface area contributed by atoms with Gasteiger partial charge >= 0.3 is 0 Å². The van der Waals surface area contributed by atoms with Gasteiger partial charge < -0.3 is 14.6 Å². The Labute approximate surface area is 304 Å².